The van der Waals surface area contributed by atoms with Gasteiger partial charge in [-0.15, -0.1) is 0 Å². The summed E-state index contributed by atoms with van der Waals surface area (Å²) in [4.78, 5) is 54.8. The highest BCUT2D eigenvalue weighted by atomic mass is 79.9. The molecule has 1 unspecified atom stereocenters. The van der Waals surface area contributed by atoms with E-state index in [0.717, 1.165) is 44.9 Å². The van der Waals surface area contributed by atoms with E-state index in [4.69, 9.17) is 13.3 Å². The van der Waals surface area contributed by atoms with E-state index in [1.165, 1.54) is 17.0 Å². The molecule has 2 N–H and O–H groups in total. The van der Waals surface area contributed by atoms with Gasteiger partial charge in [-0.3, -0.25) is 18.2 Å². The first-order valence-electron chi connectivity index (χ1n) is 15.4. The molecule has 2 heterocycles. The normalized spacial score (nSPS) is 30.2. The first kappa shape index (κ1) is 33.3. The Labute approximate surface area is 271 Å². The van der Waals surface area contributed by atoms with Gasteiger partial charge in [0, 0.05) is 23.4 Å². The Balaban J connectivity index is 1.41. The highest BCUT2D eigenvalue weighted by molar-refractivity contribution is 9.10. The Morgan fingerprint density at radius 3 is 2.47 bits per heavy atom. The van der Waals surface area contributed by atoms with Crippen molar-refractivity contribution in [2.45, 2.75) is 105 Å². The first-order valence-corrected chi connectivity index (χ1v) is 17.6. The molecule has 0 spiro atoms. The highest BCUT2D eigenvalue weighted by Crippen LogP contribution is 2.46. The van der Waals surface area contributed by atoms with Crippen LogP contribution >= 0.6 is 15.9 Å². The van der Waals surface area contributed by atoms with Crippen LogP contribution in [0.25, 0.3) is 0 Å². The molecule has 12 nitrogen and oxygen atoms in total. The van der Waals surface area contributed by atoms with Crippen LogP contribution in [-0.4, -0.2) is 80.4 Å². The van der Waals surface area contributed by atoms with E-state index in [1.54, 1.807) is 12.1 Å². The average Bonchev–Trinajstić information content (AvgIpc) is 3.29. The largest absolute Gasteiger partial charge is 0.605 e. The van der Waals surface area contributed by atoms with Crippen molar-refractivity contribution in [3.8, 4) is 0 Å². The molecule has 1 aromatic carbocycles. The molecule has 1 saturated heterocycles. The van der Waals surface area contributed by atoms with Gasteiger partial charge >= 0.3 is 12.1 Å². The van der Waals surface area contributed by atoms with Crippen LogP contribution in [0, 0.1) is 5.92 Å². The van der Waals surface area contributed by atoms with Gasteiger partial charge in [0.05, 0.1) is 15.8 Å². The summed E-state index contributed by atoms with van der Waals surface area (Å²) >= 11 is 3.28. The number of carbonyl (C=O) groups excluding carboxylic acids is 5. The fraction of sp³-hybridized carbons (Fsp3) is 0.581. The van der Waals surface area contributed by atoms with Crippen LogP contribution < -0.4 is 10.6 Å². The number of allylic oxidation sites excluding steroid dienone is 1. The lowest BCUT2D eigenvalue weighted by Crippen LogP contribution is -2.56. The number of ether oxygens (including phenoxy) is 1. The summed E-state index contributed by atoms with van der Waals surface area (Å²) in [5.74, 6) is -2.22. The molecule has 1 aromatic rings. The zero-order valence-corrected chi connectivity index (χ0v) is 27.4. The topological polar surface area (TPSA) is 159 Å². The minimum atomic E-state index is -4.25. The summed E-state index contributed by atoms with van der Waals surface area (Å²) in [7, 11) is -4.25. The monoisotopic (exact) mass is 708 g/mol. The van der Waals surface area contributed by atoms with Crippen LogP contribution in [-0.2, 0) is 37.8 Å². The Morgan fingerprint density at radius 1 is 1.04 bits per heavy atom. The Kier molecular flexibility index (Phi) is 10.4. The molecule has 2 aliphatic carbocycles. The summed E-state index contributed by atoms with van der Waals surface area (Å²) in [6, 6.07) is 3.71. The molecular weight excluding hydrogens is 670 g/mol. The van der Waals surface area contributed by atoms with Crippen molar-refractivity contribution < 1.29 is 40.9 Å². The zero-order chi connectivity index (χ0) is 32.2. The lowest BCUT2D eigenvalue weighted by molar-refractivity contribution is -0.372. The number of benzene rings is 1. The summed E-state index contributed by atoms with van der Waals surface area (Å²) in [5.41, 5.74) is -1.34. The number of alkyl carbamates (subject to hydrolysis) is 1. The third kappa shape index (κ3) is 7.83. The van der Waals surface area contributed by atoms with Crippen molar-refractivity contribution in [2.75, 3.05) is 6.54 Å². The minimum Gasteiger partial charge on any atom is -0.446 e. The fourth-order valence-electron chi connectivity index (χ4n) is 6.42. The fourth-order valence-corrected chi connectivity index (χ4v) is 7.76. The van der Waals surface area contributed by atoms with E-state index < -0.39 is 57.7 Å². The van der Waals surface area contributed by atoms with Crippen molar-refractivity contribution in [3.05, 3.63) is 40.9 Å². The third-order valence-electron chi connectivity index (χ3n) is 8.97. The van der Waals surface area contributed by atoms with Gasteiger partial charge in [-0.05, 0) is 75.6 Å². The predicted octanol–water partition coefficient (Wildman–Crippen LogP) is 3.45. The van der Waals surface area contributed by atoms with E-state index in [0.29, 0.717) is 23.7 Å². The maximum Gasteiger partial charge on any atom is 0.605 e. The number of hydrogen-bond acceptors (Lipinski definition) is 8. The second kappa shape index (κ2) is 14.1. The predicted molar refractivity (Wildman–Crippen MR) is 165 cm³/mol. The van der Waals surface area contributed by atoms with E-state index in [-0.39, 0.29) is 29.9 Å². The van der Waals surface area contributed by atoms with Gasteiger partial charge in [-0.2, -0.15) is 8.42 Å². The van der Waals surface area contributed by atoms with E-state index in [2.05, 4.69) is 33.4 Å². The van der Waals surface area contributed by atoms with Crippen LogP contribution in [0.3, 0.4) is 0 Å². The Hall–Kier alpha value is -3.10. The number of nitrogens with one attached hydrogen (secondary N) is 2. The van der Waals surface area contributed by atoms with Gasteiger partial charge < -0.3 is 20.3 Å². The summed E-state index contributed by atoms with van der Waals surface area (Å²) in [6.07, 6.45) is 8.76. The van der Waals surface area contributed by atoms with Crippen molar-refractivity contribution in [1.29, 1.82) is 0 Å². The highest BCUT2D eigenvalue weighted by Gasteiger charge is 2.68. The molecule has 3 amide bonds. The van der Waals surface area contributed by atoms with Crippen molar-refractivity contribution in [2.24, 2.45) is 5.92 Å². The van der Waals surface area contributed by atoms with Gasteiger partial charge in [0.2, 0.25) is 17.4 Å². The van der Waals surface area contributed by atoms with Crippen molar-refractivity contribution in [3.63, 3.8) is 0 Å². The average molecular weight is 710 g/mol. The van der Waals surface area contributed by atoms with E-state index >= 15 is 0 Å². The number of rotatable bonds is 6. The molecule has 0 aromatic heterocycles. The second-order valence-electron chi connectivity index (χ2n) is 12.1. The van der Waals surface area contributed by atoms with Gasteiger partial charge in [-0.1, -0.05) is 40.9 Å². The van der Waals surface area contributed by atoms with Gasteiger partial charge in [-0.25, -0.2) is 4.79 Å². The number of halogens is 1. The maximum atomic E-state index is 14.1. The van der Waals surface area contributed by atoms with Crippen LogP contribution in [0.1, 0.15) is 70.6 Å². The van der Waals surface area contributed by atoms with Crippen LogP contribution in [0.5, 0.6) is 0 Å². The molecule has 5 atom stereocenters. The Morgan fingerprint density at radius 2 is 1.76 bits per heavy atom. The lowest BCUT2D eigenvalue weighted by atomic mass is 10.0. The van der Waals surface area contributed by atoms with Crippen molar-refractivity contribution in [1.82, 2.24) is 15.5 Å². The number of amides is 3. The molecule has 45 heavy (non-hydrogen) atoms. The van der Waals surface area contributed by atoms with Crippen LogP contribution in [0.4, 0.5) is 4.79 Å². The Bertz CT molecular complexity index is 1440. The minimum absolute atomic E-state index is 0.0788. The molecule has 4 aliphatic rings. The van der Waals surface area contributed by atoms with Crippen molar-refractivity contribution >= 4 is 56.7 Å². The van der Waals surface area contributed by atoms with Crippen LogP contribution in [0.15, 0.2) is 45.8 Å². The summed E-state index contributed by atoms with van der Waals surface area (Å²) in [6.45, 7) is 3.01. The molecule has 0 bridgehead atoms. The molecule has 244 valence electrons. The molecule has 14 heteroatoms. The van der Waals surface area contributed by atoms with Gasteiger partial charge in [0.25, 0.3) is 10.1 Å². The quantitative estimate of drug-likeness (QED) is 0.258. The SMILES string of the molecule is C=[O+]C(=O)[C@@]12CC1/C=C\CCCCC[C@H](NC(=O)OC1CCCC1)C(=O)N1C[C@@H](OS(=O)(=O)c3ccc(Br)cc3)C[C@H]1C(=O)N2. The summed E-state index contributed by atoms with van der Waals surface area (Å²) in [5, 5.41) is 5.50. The van der Waals surface area contributed by atoms with E-state index in [9.17, 15) is 27.6 Å². The maximum absolute atomic E-state index is 14.1. The molecule has 3 fully saturated rings. The van der Waals surface area contributed by atoms with Gasteiger partial charge in [0.1, 0.15) is 18.2 Å². The number of hydrogen-bond donors (Lipinski definition) is 2. The van der Waals surface area contributed by atoms with Gasteiger partial charge in [0.15, 0.2) is 6.79 Å². The number of carbonyl (C=O) groups is 4. The standard InChI is InChI=1S/C31H38BrN3O9S/c1-42-29(38)31-18-20(31)9-5-3-2-4-6-12-25(33-30(39)43-22-10-7-8-11-22)28(37)35-19-23(17-26(35)27(36)34-31)44-45(40,41)24-15-13-21(32)14-16-24/h5,9,13-16,20,22-23,25-26H,1-4,6-8,10-12,17-19H2,(H-,33,34,36,39)/p+1/b9-5-/t20?,23-,25-,26-,31+/m0/s1. The molecular formula is C31H39BrN3O9S+. The molecule has 2 saturated carbocycles. The zero-order valence-electron chi connectivity index (χ0n) is 25.0. The molecule has 0 radical (unpaired) electrons. The molecule has 5 rings (SSSR count). The second-order valence-corrected chi connectivity index (χ2v) is 14.6. The molecule has 2 aliphatic heterocycles. The number of fused-ring (bicyclic) bond motifs is 2. The first-order chi connectivity index (χ1) is 21.5. The number of nitrogens with zero attached hydrogens (tertiary/aromatic N) is 1. The lowest BCUT2D eigenvalue weighted by Gasteiger charge is -2.29. The van der Waals surface area contributed by atoms with Crippen LogP contribution in [0.2, 0.25) is 0 Å². The van der Waals surface area contributed by atoms with E-state index in [1.807, 2.05) is 12.2 Å². The summed E-state index contributed by atoms with van der Waals surface area (Å²) < 4.78 is 42.9. The third-order valence-corrected chi connectivity index (χ3v) is 10.9. The smallest absolute Gasteiger partial charge is 0.446 e.